The van der Waals surface area contributed by atoms with E-state index in [1.54, 1.807) is 6.92 Å². The lowest BCUT2D eigenvalue weighted by molar-refractivity contribution is 0.0588. The van der Waals surface area contributed by atoms with Crippen molar-refractivity contribution >= 4 is 17.4 Å². The van der Waals surface area contributed by atoms with Crippen molar-refractivity contribution in [2.24, 2.45) is 5.16 Å². The molecular formula is C13H17N3O3. The third-order valence-corrected chi connectivity index (χ3v) is 3.28. The fourth-order valence-corrected chi connectivity index (χ4v) is 2.09. The molecule has 102 valence electrons. The normalized spacial score (nSPS) is 17.9. The molecule has 1 aliphatic heterocycles. The summed E-state index contributed by atoms with van der Waals surface area (Å²) in [6, 6.07) is 0. The van der Waals surface area contributed by atoms with Crippen molar-refractivity contribution in [3.05, 3.63) is 22.5 Å². The van der Waals surface area contributed by atoms with E-state index >= 15 is 0 Å². The summed E-state index contributed by atoms with van der Waals surface area (Å²) in [5, 5.41) is 3.90. The van der Waals surface area contributed by atoms with Crippen LogP contribution in [0, 0.1) is 13.8 Å². The Morgan fingerprint density at radius 2 is 2.05 bits per heavy atom. The number of pyridine rings is 1. The molecule has 0 saturated heterocycles. The standard InChI is InChI=1S/C13H17N3O3/c1-6-5-9(19-16-6)11-7(2)10(14)8(3)12(15-11)13(17)18-4/h9H,5H2,1-4H3,(H2,14,15). The molecule has 0 aliphatic carbocycles. The first kappa shape index (κ1) is 13.3. The molecule has 2 rings (SSSR count). The van der Waals surface area contributed by atoms with E-state index in [-0.39, 0.29) is 11.8 Å². The molecule has 1 aromatic rings. The minimum Gasteiger partial charge on any atom is -0.464 e. The molecule has 1 aliphatic rings. The van der Waals surface area contributed by atoms with E-state index in [2.05, 4.69) is 10.1 Å². The zero-order chi connectivity index (χ0) is 14.2. The van der Waals surface area contributed by atoms with Gasteiger partial charge in [0.2, 0.25) is 0 Å². The third-order valence-electron chi connectivity index (χ3n) is 3.28. The van der Waals surface area contributed by atoms with E-state index in [1.165, 1.54) is 7.11 Å². The van der Waals surface area contributed by atoms with Gasteiger partial charge in [0.05, 0.1) is 18.5 Å². The van der Waals surface area contributed by atoms with E-state index in [0.29, 0.717) is 23.4 Å². The van der Waals surface area contributed by atoms with Crippen molar-refractivity contribution in [1.82, 2.24) is 4.98 Å². The van der Waals surface area contributed by atoms with Gasteiger partial charge in [-0.25, -0.2) is 9.78 Å². The Bertz CT molecular complexity index is 567. The van der Waals surface area contributed by atoms with Crippen LogP contribution in [0.5, 0.6) is 0 Å². The van der Waals surface area contributed by atoms with Gasteiger partial charge < -0.3 is 15.3 Å². The molecule has 0 aromatic carbocycles. The van der Waals surface area contributed by atoms with Gasteiger partial charge in [0, 0.05) is 17.7 Å². The second-order valence-corrected chi connectivity index (χ2v) is 4.63. The summed E-state index contributed by atoms with van der Waals surface area (Å²) >= 11 is 0. The summed E-state index contributed by atoms with van der Waals surface area (Å²) in [4.78, 5) is 21.4. The van der Waals surface area contributed by atoms with Crippen LogP contribution < -0.4 is 5.73 Å². The molecule has 2 N–H and O–H groups in total. The maximum absolute atomic E-state index is 11.7. The quantitative estimate of drug-likeness (QED) is 0.823. The molecule has 0 bridgehead atoms. The number of nitrogens with two attached hydrogens (primary N) is 1. The van der Waals surface area contributed by atoms with Gasteiger partial charge in [0.25, 0.3) is 0 Å². The largest absolute Gasteiger partial charge is 0.464 e. The van der Waals surface area contributed by atoms with Gasteiger partial charge in [-0.05, 0) is 26.3 Å². The lowest BCUT2D eigenvalue weighted by Crippen LogP contribution is -2.15. The van der Waals surface area contributed by atoms with Crippen LogP contribution in [0.1, 0.15) is 46.8 Å². The van der Waals surface area contributed by atoms with Crippen LogP contribution in [0.3, 0.4) is 0 Å². The molecule has 1 aromatic heterocycles. The SMILES string of the molecule is COC(=O)c1nc(C2CC(C)=NO2)c(C)c(N)c1C. The topological polar surface area (TPSA) is 86.8 Å². The Morgan fingerprint density at radius 3 is 2.58 bits per heavy atom. The van der Waals surface area contributed by atoms with E-state index in [4.69, 9.17) is 15.3 Å². The number of rotatable bonds is 2. The minimum absolute atomic E-state index is 0.230. The van der Waals surface area contributed by atoms with Crippen LogP contribution in [0.4, 0.5) is 5.69 Å². The average molecular weight is 263 g/mol. The summed E-state index contributed by atoms with van der Waals surface area (Å²) in [7, 11) is 1.32. The highest BCUT2D eigenvalue weighted by Gasteiger charge is 2.27. The van der Waals surface area contributed by atoms with Gasteiger partial charge in [-0.2, -0.15) is 0 Å². The first-order valence-electron chi connectivity index (χ1n) is 5.99. The molecule has 2 heterocycles. The summed E-state index contributed by atoms with van der Waals surface area (Å²) < 4.78 is 4.72. The maximum Gasteiger partial charge on any atom is 0.357 e. The molecule has 0 amide bonds. The second kappa shape index (κ2) is 4.87. The molecule has 0 saturated carbocycles. The number of anilines is 1. The highest BCUT2D eigenvalue weighted by Crippen LogP contribution is 2.32. The van der Waals surface area contributed by atoms with Crippen LogP contribution in [0.2, 0.25) is 0 Å². The van der Waals surface area contributed by atoms with Crippen molar-refractivity contribution in [3.63, 3.8) is 0 Å². The van der Waals surface area contributed by atoms with E-state index < -0.39 is 5.97 Å². The summed E-state index contributed by atoms with van der Waals surface area (Å²) in [5.41, 5.74) is 9.79. The lowest BCUT2D eigenvalue weighted by atomic mass is 10.0. The molecule has 6 heteroatoms. The Balaban J connectivity index is 2.50. The Labute approximate surface area is 111 Å². The van der Waals surface area contributed by atoms with Crippen molar-refractivity contribution < 1.29 is 14.4 Å². The Hall–Kier alpha value is -2.11. The smallest absolute Gasteiger partial charge is 0.357 e. The average Bonchev–Trinajstić information content (AvgIpc) is 2.82. The maximum atomic E-state index is 11.7. The number of nitrogens with zero attached hydrogens (tertiary/aromatic N) is 2. The van der Waals surface area contributed by atoms with Crippen LogP contribution in [0.25, 0.3) is 0 Å². The predicted molar refractivity (Wildman–Crippen MR) is 71.0 cm³/mol. The Kier molecular flexibility index (Phi) is 3.42. The van der Waals surface area contributed by atoms with Crippen LogP contribution in [-0.4, -0.2) is 23.8 Å². The number of hydrogen-bond acceptors (Lipinski definition) is 6. The van der Waals surface area contributed by atoms with E-state index in [0.717, 1.165) is 11.3 Å². The van der Waals surface area contributed by atoms with Crippen molar-refractivity contribution in [1.29, 1.82) is 0 Å². The molecule has 19 heavy (non-hydrogen) atoms. The zero-order valence-corrected chi connectivity index (χ0v) is 11.5. The van der Waals surface area contributed by atoms with Gasteiger partial charge in [-0.15, -0.1) is 0 Å². The Morgan fingerprint density at radius 1 is 1.37 bits per heavy atom. The minimum atomic E-state index is -0.499. The number of hydrogen-bond donors (Lipinski definition) is 1. The third kappa shape index (κ3) is 2.25. The molecule has 0 radical (unpaired) electrons. The monoisotopic (exact) mass is 263 g/mol. The van der Waals surface area contributed by atoms with Gasteiger partial charge >= 0.3 is 5.97 Å². The first-order chi connectivity index (χ1) is 8.95. The number of nitrogen functional groups attached to an aromatic ring is 1. The van der Waals surface area contributed by atoms with Crippen LogP contribution in [0.15, 0.2) is 5.16 Å². The summed E-state index contributed by atoms with van der Waals surface area (Å²) in [6.07, 6.45) is 0.364. The van der Waals surface area contributed by atoms with Crippen molar-refractivity contribution in [2.75, 3.05) is 12.8 Å². The number of ether oxygens (including phenoxy) is 1. The zero-order valence-electron chi connectivity index (χ0n) is 11.5. The van der Waals surface area contributed by atoms with Crippen molar-refractivity contribution in [2.45, 2.75) is 33.3 Å². The number of methoxy groups -OCH3 is 1. The van der Waals surface area contributed by atoms with Gasteiger partial charge in [-0.3, -0.25) is 0 Å². The van der Waals surface area contributed by atoms with E-state index in [9.17, 15) is 4.79 Å². The highest BCUT2D eigenvalue weighted by atomic mass is 16.6. The van der Waals surface area contributed by atoms with Crippen LogP contribution in [-0.2, 0) is 9.57 Å². The molecular weight excluding hydrogens is 246 g/mol. The fraction of sp³-hybridized carbons (Fsp3) is 0.462. The highest BCUT2D eigenvalue weighted by molar-refractivity contribution is 5.91. The predicted octanol–water partition coefficient (Wildman–Crippen LogP) is 1.90. The molecule has 0 fully saturated rings. The number of carbonyl (C=O) groups excluding carboxylic acids is 1. The van der Waals surface area contributed by atoms with Crippen LogP contribution >= 0.6 is 0 Å². The number of aromatic nitrogens is 1. The fourth-order valence-electron chi connectivity index (χ4n) is 2.09. The van der Waals surface area contributed by atoms with Gasteiger partial charge in [-0.1, -0.05) is 5.16 Å². The summed E-state index contributed by atoms with van der Waals surface area (Å²) in [5.74, 6) is -0.499. The van der Waals surface area contributed by atoms with E-state index in [1.807, 2.05) is 13.8 Å². The van der Waals surface area contributed by atoms with Crippen molar-refractivity contribution in [3.8, 4) is 0 Å². The first-order valence-corrected chi connectivity index (χ1v) is 5.99. The number of esters is 1. The number of carbonyl (C=O) groups is 1. The lowest BCUT2D eigenvalue weighted by Gasteiger charge is -2.16. The molecule has 1 atom stereocenters. The number of oxime groups is 1. The second-order valence-electron chi connectivity index (χ2n) is 4.63. The van der Waals surface area contributed by atoms with Gasteiger partial charge in [0.15, 0.2) is 11.8 Å². The molecule has 6 nitrogen and oxygen atoms in total. The summed E-state index contributed by atoms with van der Waals surface area (Å²) in [6.45, 7) is 5.50. The molecule has 1 unspecified atom stereocenters. The van der Waals surface area contributed by atoms with Gasteiger partial charge in [0.1, 0.15) is 0 Å². The molecule has 0 spiro atoms.